The summed E-state index contributed by atoms with van der Waals surface area (Å²) in [6.45, 7) is 4.64. The van der Waals surface area contributed by atoms with E-state index < -0.39 is 0 Å². The van der Waals surface area contributed by atoms with Gasteiger partial charge in [-0.1, -0.05) is 0 Å². The maximum absolute atomic E-state index is 11.9. The van der Waals surface area contributed by atoms with Crippen molar-refractivity contribution in [3.05, 3.63) is 16.1 Å². The van der Waals surface area contributed by atoms with E-state index in [0.717, 1.165) is 17.1 Å². The van der Waals surface area contributed by atoms with Crippen LogP contribution in [0.2, 0.25) is 0 Å². The molecule has 1 saturated heterocycles. The summed E-state index contributed by atoms with van der Waals surface area (Å²) in [7, 11) is 0. The third-order valence-electron chi connectivity index (χ3n) is 2.78. The summed E-state index contributed by atoms with van der Waals surface area (Å²) in [5.41, 5.74) is 0.999. The molecule has 3 nitrogen and oxygen atoms in total. The maximum Gasteiger partial charge on any atom is 0.145 e. The number of hydrogen-bond acceptors (Lipinski definition) is 4. The second-order valence-corrected chi connectivity index (χ2v) is 4.94. The Balaban J connectivity index is 1.97. The van der Waals surface area contributed by atoms with E-state index in [-0.39, 0.29) is 17.8 Å². The van der Waals surface area contributed by atoms with Crippen molar-refractivity contribution in [1.29, 1.82) is 0 Å². The average molecular weight is 225 g/mol. The van der Waals surface area contributed by atoms with Gasteiger partial charge in [0.2, 0.25) is 0 Å². The molecular formula is C11H15NO2S. The number of nitrogens with zero attached hydrogens (tertiary/aromatic N) is 1. The van der Waals surface area contributed by atoms with Gasteiger partial charge >= 0.3 is 0 Å². The number of Topliss-reactive ketones (excluding diaryl/α,β-unsaturated/α-hetero) is 1. The highest BCUT2D eigenvalue weighted by molar-refractivity contribution is 7.09. The fraction of sp³-hybridized carbons (Fsp3) is 0.636. The molecule has 2 rings (SSSR count). The van der Waals surface area contributed by atoms with E-state index in [9.17, 15) is 4.79 Å². The van der Waals surface area contributed by atoms with Gasteiger partial charge in [-0.05, 0) is 20.3 Å². The number of thiazole rings is 1. The molecular weight excluding hydrogens is 210 g/mol. The predicted octanol–water partition coefficient (Wildman–Crippen LogP) is 1.99. The van der Waals surface area contributed by atoms with Crippen molar-refractivity contribution in [2.45, 2.75) is 32.8 Å². The minimum atomic E-state index is 0.0780. The van der Waals surface area contributed by atoms with Gasteiger partial charge in [0.05, 0.1) is 12.5 Å². The standard InChI is InChI=1S/C11H15NO2S/c1-7-6-15-11(12-7)5-10(13)9-3-4-14-8(9)2/h6,8-9H,3-5H2,1-2H3. The van der Waals surface area contributed by atoms with E-state index in [2.05, 4.69) is 4.98 Å². The lowest BCUT2D eigenvalue weighted by molar-refractivity contribution is -0.123. The Morgan fingerprint density at radius 1 is 1.73 bits per heavy atom. The molecule has 0 bridgehead atoms. The van der Waals surface area contributed by atoms with Gasteiger partial charge in [0, 0.05) is 23.6 Å². The molecule has 0 saturated carbocycles. The quantitative estimate of drug-likeness (QED) is 0.789. The van der Waals surface area contributed by atoms with Crippen molar-refractivity contribution in [2.24, 2.45) is 5.92 Å². The molecule has 1 aliphatic rings. The number of ketones is 1. The van der Waals surface area contributed by atoms with Crippen molar-refractivity contribution < 1.29 is 9.53 Å². The van der Waals surface area contributed by atoms with E-state index in [0.29, 0.717) is 13.0 Å². The second kappa shape index (κ2) is 4.41. The molecule has 2 unspecified atom stereocenters. The topological polar surface area (TPSA) is 39.2 Å². The van der Waals surface area contributed by atoms with Crippen molar-refractivity contribution in [3.8, 4) is 0 Å². The molecule has 82 valence electrons. The van der Waals surface area contributed by atoms with Crippen LogP contribution < -0.4 is 0 Å². The Kier molecular flexibility index (Phi) is 3.17. The molecule has 0 amide bonds. The second-order valence-electron chi connectivity index (χ2n) is 4.00. The van der Waals surface area contributed by atoms with Gasteiger partial charge in [0.15, 0.2) is 0 Å². The van der Waals surface area contributed by atoms with Crippen LogP contribution in [0.5, 0.6) is 0 Å². The summed E-state index contributed by atoms with van der Waals surface area (Å²) in [6, 6.07) is 0. The van der Waals surface area contributed by atoms with Crippen molar-refractivity contribution in [3.63, 3.8) is 0 Å². The van der Waals surface area contributed by atoms with Crippen LogP contribution in [0.4, 0.5) is 0 Å². The molecule has 0 spiro atoms. The van der Waals surface area contributed by atoms with E-state index in [1.807, 2.05) is 19.2 Å². The number of carbonyl (C=O) groups is 1. The van der Waals surface area contributed by atoms with Gasteiger partial charge in [-0.15, -0.1) is 11.3 Å². The van der Waals surface area contributed by atoms with Gasteiger partial charge in [0.1, 0.15) is 10.8 Å². The van der Waals surface area contributed by atoms with Crippen molar-refractivity contribution in [2.75, 3.05) is 6.61 Å². The van der Waals surface area contributed by atoms with Crippen molar-refractivity contribution in [1.82, 2.24) is 4.98 Å². The zero-order valence-electron chi connectivity index (χ0n) is 9.03. The molecule has 15 heavy (non-hydrogen) atoms. The molecule has 0 N–H and O–H groups in total. The van der Waals surface area contributed by atoms with E-state index in [1.54, 1.807) is 11.3 Å². The van der Waals surface area contributed by atoms with Crippen molar-refractivity contribution >= 4 is 17.1 Å². The number of aryl methyl sites for hydroxylation is 1. The first kappa shape index (κ1) is 10.8. The zero-order chi connectivity index (χ0) is 10.8. The third kappa shape index (κ3) is 2.44. The van der Waals surface area contributed by atoms with Crippen LogP contribution in [0.15, 0.2) is 5.38 Å². The Morgan fingerprint density at radius 2 is 2.53 bits per heavy atom. The molecule has 2 atom stereocenters. The van der Waals surface area contributed by atoms with E-state index in [1.165, 1.54) is 0 Å². The number of carbonyl (C=O) groups excluding carboxylic acids is 1. The zero-order valence-corrected chi connectivity index (χ0v) is 9.84. The predicted molar refractivity (Wildman–Crippen MR) is 59.1 cm³/mol. The third-order valence-corrected chi connectivity index (χ3v) is 3.75. The number of hydrogen-bond donors (Lipinski definition) is 0. The number of aromatic nitrogens is 1. The highest BCUT2D eigenvalue weighted by Crippen LogP contribution is 2.23. The lowest BCUT2D eigenvalue weighted by Crippen LogP contribution is -2.23. The van der Waals surface area contributed by atoms with Crippen LogP contribution >= 0.6 is 11.3 Å². The first-order valence-electron chi connectivity index (χ1n) is 5.22. The van der Waals surface area contributed by atoms with Crippen LogP contribution in [-0.2, 0) is 16.0 Å². The highest BCUT2D eigenvalue weighted by atomic mass is 32.1. The average Bonchev–Trinajstić information content (AvgIpc) is 2.75. The van der Waals surface area contributed by atoms with E-state index >= 15 is 0 Å². The Morgan fingerprint density at radius 3 is 3.07 bits per heavy atom. The molecule has 0 aromatic carbocycles. The fourth-order valence-electron chi connectivity index (χ4n) is 1.92. The summed E-state index contributed by atoms with van der Waals surface area (Å²) in [5, 5.41) is 2.91. The maximum atomic E-state index is 11.9. The fourth-order valence-corrected chi connectivity index (χ4v) is 2.70. The molecule has 1 fully saturated rings. The Bertz CT molecular complexity index is 361. The summed E-state index contributed by atoms with van der Waals surface area (Å²) >= 11 is 1.57. The largest absolute Gasteiger partial charge is 0.378 e. The summed E-state index contributed by atoms with van der Waals surface area (Å²) in [4.78, 5) is 16.2. The summed E-state index contributed by atoms with van der Waals surface area (Å²) < 4.78 is 5.39. The Hall–Kier alpha value is -0.740. The van der Waals surface area contributed by atoms with Crippen LogP contribution in [0.1, 0.15) is 24.0 Å². The van der Waals surface area contributed by atoms with Crippen LogP contribution in [0.25, 0.3) is 0 Å². The summed E-state index contributed by atoms with van der Waals surface area (Å²) in [5.74, 6) is 0.351. The lowest BCUT2D eigenvalue weighted by atomic mass is 9.96. The molecule has 2 heterocycles. The van der Waals surface area contributed by atoms with Gasteiger partial charge in [-0.2, -0.15) is 0 Å². The molecule has 0 radical (unpaired) electrons. The lowest BCUT2D eigenvalue weighted by Gasteiger charge is -2.11. The van der Waals surface area contributed by atoms with Crippen LogP contribution in [0.3, 0.4) is 0 Å². The minimum Gasteiger partial charge on any atom is -0.378 e. The summed E-state index contributed by atoms with van der Waals surface area (Å²) in [6.07, 6.45) is 1.42. The molecule has 1 aliphatic heterocycles. The SMILES string of the molecule is Cc1csc(CC(=O)C2CCOC2C)n1. The van der Waals surface area contributed by atoms with Gasteiger partial charge in [-0.3, -0.25) is 4.79 Å². The van der Waals surface area contributed by atoms with Gasteiger partial charge < -0.3 is 4.74 Å². The minimum absolute atomic E-state index is 0.0780. The number of ether oxygens (including phenoxy) is 1. The van der Waals surface area contributed by atoms with E-state index in [4.69, 9.17) is 4.74 Å². The van der Waals surface area contributed by atoms with Crippen LogP contribution in [-0.4, -0.2) is 23.5 Å². The monoisotopic (exact) mass is 225 g/mol. The molecule has 1 aromatic rings. The Labute approximate surface area is 93.5 Å². The molecule has 0 aliphatic carbocycles. The first-order chi connectivity index (χ1) is 7.16. The molecule has 1 aromatic heterocycles. The normalized spacial score (nSPS) is 25.7. The van der Waals surface area contributed by atoms with Gasteiger partial charge in [0.25, 0.3) is 0 Å². The van der Waals surface area contributed by atoms with Crippen LogP contribution in [0, 0.1) is 12.8 Å². The smallest absolute Gasteiger partial charge is 0.145 e. The molecule has 4 heteroatoms. The number of rotatable bonds is 3. The van der Waals surface area contributed by atoms with Gasteiger partial charge in [-0.25, -0.2) is 4.98 Å². The highest BCUT2D eigenvalue weighted by Gasteiger charge is 2.30. The first-order valence-corrected chi connectivity index (χ1v) is 6.10.